The minimum absolute atomic E-state index is 0.160. The van der Waals surface area contributed by atoms with Gasteiger partial charge < -0.3 is 15.5 Å². The van der Waals surface area contributed by atoms with Crippen LogP contribution in [0.15, 0.2) is 22.8 Å². The number of nitrogens with one attached hydrogen (secondary N) is 1. The van der Waals surface area contributed by atoms with Crippen molar-refractivity contribution in [2.45, 2.75) is 19.4 Å². The van der Waals surface area contributed by atoms with Crippen LogP contribution < -0.4 is 5.32 Å². The molecule has 1 unspecified atom stereocenters. The average molecular weight is 370 g/mol. The number of hydrogen-bond donors (Lipinski definition) is 3. The summed E-state index contributed by atoms with van der Waals surface area (Å²) < 4.78 is 2.22. The van der Waals surface area contributed by atoms with Gasteiger partial charge in [0.1, 0.15) is 17.4 Å². The number of aryl methyl sites for hydroxylation is 1. The molecule has 0 aromatic carbocycles. The Morgan fingerprint density at radius 1 is 1.36 bits per heavy atom. The van der Waals surface area contributed by atoms with Crippen molar-refractivity contribution >= 4 is 39.4 Å². The molecule has 2 heterocycles. The summed E-state index contributed by atoms with van der Waals surface area (Å²) in [6, 6.07) is 1.94. The Bertz CT molecular complexity index is 770. The minimum atomic E-state index is -1.51. The van der Waals surface area contributed by atoms with Gasteiger partial charge in [0.2, 0.25) is 0 Å². The van der Waals surface area contributed by atoms with Gasteiger partial charge >= 0.3 is 11.9 Å². The third kappa shape index (κ3) is 3.25. The van der Waals surface area contributed by atoms with Crippen molar-refractivity contribution in [3.8, 4) is 0 Å². The Balaban J connectivity index is 2.36. The molecule has 3 N–H and O–H groups in total. The molecule has 2 rings (SSSR count). The monoisotopic (exact) mass is 369 g/mol. The van der Waals surface area contributed by atoms with Gasteiger partial charge in [0.05, 0.1) is 12.1 Å². The predicted octanol–water partition coefficient (Wildman–Crippen LogP) is 1.06. The van der Waals surface area contributed by atoms with Crippen molar-refractivity contribution in [3.63, 3.8) is 0 Å². The maximum Gasteiger partial charge on any atom is 0.326 e. The third-order valence-corrected chi connectivity index (χ3v) is 3.42. The summed E-state index contributed by atoms with van der Waals surface area (Å²) in [5.74, 6) is -3.43. The number of imidazole rings is 1. The number of carbonyl (C=O) groups is 3. The van der Waals surface area contributed by atoms with Crippen LogP contribution in [0, 0.1) is 6.92 Å². The average Bonchev–Trinajstić information content (AvgIpc) is 2.72. The molecule has 0 saturated heterocycles. The highest BCUT2D eigenvalue weighted by atomic mass is 79.9. The molecule has 0 radical (unpaired) electrons. The SMILES string of the molecule is Cc1nc2ccc(Br)cn2c1C(=O)NC(CC(=O)O)C(=O)O. The number of aliphatic carboxylic acids is 2. The van der Waals surface area contributed by atoms with Crippen molar-refractivity contribution in [2.75, 3.05) is 0 Å². The van der Waals surface area contributed by atoms with E-state index >= 15 is 0 Å². The van der Waals surface area contributed by atoms with E-state index in [2.05, 4.69) is 26.2 Å². The van der Waals surface area contributed by atoms with Crippen LogP contribution in [0.4, 0.5) is 0 Å². The zero-order valence-electron chi connectivity index (χ0n) is 11.4. The molecule has 8 nitrogen and oxygen atoms in total. The number of carboxylic acids is 2. The second kappa shape index (κ2) is 6.14. The molecule has 0 fully saturated rings. The maximum atomic E-state index is 12.3. The Morgan fingerprint density at radius 3 is 2.64 bits per heavy atom. The molecule has 2 aromatic heterocycles. The Hall–Kier alpha value is -2.42. The van der Waals surface area contributed by atoms with Crippen molar-refractivity contribution in [1.29, 1.82) is 0 Å². The number of nitrogens with zero attached hydrogens (tertiary/aromatic N) is 2. The first kappa shape index (κ1) is 16.0. The fourth-order valence-electron chi connectivity index (χ4n) is 2.01. The van der Waals surface area contributed by atoms with Gasteiger partial charge in [-0.15, -0.1) is 0 Å². The van der Waals surface area contributed by atoms with Crippen molar-refractivity contribution in [2.24, 2.45) is 0 Å². The Labute approximate surface area is 132 Å². The highest BCUT2D eigenvalue weighted by Crippen LogP contribution is 2.17. The quantitative estimate of drug-likeness (QED) is 0.724. The molecule has 0 aliphatic rings. The fraction of sp³-hybridized carbons (Fsp3) is 0.231. The van der Waals surface area contributed by atoms with Crippen LogP contribution in [0.1, 0.15) is 22.6 Å². The van der Waals surface area contributed by atoms with Crippen LogP contribution in [0.3, 0.4) is 0 Å². The summed E-state index contributed by atoms with van der Waals surface area (Å²) in [6.45, 7) is 1.61. The topological polar surface area (TPSA) is 121 Å². The molecule has 1 amide bonds. The van der Waals surface area contributed by atoms with E-state index < -0.39 is 30.3 Å². The molecular weight excluding hydrogens is 358 g/mol. The number of amides is 1. The first-order valence-corrected chi connectivity index (χ1v) is 6.98. The zero-order valence-corrected chi connectivity index (χ0v) is 13.0. The summed E-state index contributed by atoms with van der Waals surface area (Å²) in [6.07, 6.45) is 0.914. The van der Waals surface area contributed by atoms with Gasteiger partial charge in [-0.2, -0.15) is 0 Å². The summed E-state index contributed by atoms with van der Waals surface area (Å²) in [5, 5.41) is 19.9. The summed E-state index contributed by atoms with van der Waals surface area (Å²) in [5.41, 5.74) is 1.10. The summed E-state index contributed by atoms with van der Waals surface area (Å²) in [4.78, 5) is 38.2. The molecule has 0 saturated carbocycles. The number of pyridine rings is 1. The first-order chi connectivity index (χ1) is 10.3. The highest BCUT2D eigenvalue weighted by molar-refractivity contribution is 9.10. The Morgan fingerprint density at radius 2 is 2.05 bits per heavy atom. The summed E-state index contributed by atoms with van der Waals surface area (Å²) >= 11 is 3.28. The smallest absolute Gasteiger partial charge is 0.326 e. The number of aromatic nitrogens is 2. The standard InChI is InChI=1S/C13H12BrN3O5/c1-6-11(17-5-7(14)2-3-9(17)15-6)12(20)16-8(13(21)22)4-10(18)19/h2-3,5,8H,4H2,1H3,(H,16,20)(H,18,19)(H,21,22). The van der Waals surface area contributed by atoms with E-state index in [1.807, 2.05) is 0 Å². The molecule has 22 heavy (non-hydrogen) atoms. The van der Waals surface area contributed by atoms with Gasteiger partial charge in [0, 0.05) is 10.7 Å². The number of rotatable bonds is 5. The van der Waals surface area contributed by atoms with Gasteiger partial charge in [-0.3, -0.25) is 14.0 Å². The van der Waals surface area contributed by atoms with Crippen molar-refractivity contribution in [1.82, 2.24) is 14.7 Å². The van der Waals surface area contributed by atoms with E-state index in [-0.39, 0.29) is 5.69 Å². The van der Waals surface area contributed by atoms with Gasteiger partial charge in [0.25, 0.3) is 5.91 Å². The Kier molecular flexibility index (Phi) is 4.45. The van der Waals surface area contributed by atoms with Crippen molar-refractivity contribution < 1.29 is 24.6 Å². The van der Waals surface area contributed by atoms with E-state index in [9.17, 15) is 14.4 Å². The van der Waals surface area contributed by atoms with Gasteiger partial charge in [-0.05, 0) is 35.0 Å². The number of halogens is 1. The normalized spacial score (nSPS) is 12.1. The lowest BCUT2D eigenvalue weighted by molar-refractivity contribution is -0.145. The molecule has 9 heteroatoms. The predicted molar refractivity (Wildman–Crippen MR) is 78.8 cm³/mol. The van der Waals surface area contributed by atoms with Crippen molar-refractivity contribution in [3.05, 3.63) is 34.2 Å². The highest BCUT2D eigenvalue weighted by Gasteiger charge is 2.26. The molecule has 1 atom stereocenters. The van der Waals surface area contributed by atoms with Crippen LogP contribution in [0.25, 0.3) is 5.65 Å². The fourth-order valence-corrected chi connectivity index (χ4v) is 2.35. The van der Waals surface area contributed by atoms with E-state index in [1.54, 1.807) is 25.3 Å². The van der Waals surface area contributed by atoms with E-state index in [1.165, 1.54) is 4.40 Å². The second-order valence-corrected chi connectivity index (χ2v) is 5.50. The summed E-state index contributed by atoms with van der Waals surface area (Å²) in [7, 11) is 0. The van der Waals surface area contributed by atoms with Crippen LogP contribution in [0.2, 0.25) is 0 Å². The molecule has 0 bridgehead atoms. The lowest BCUT2D eigenvalue weighted by atomic mass is 10.2. The minimum Gasteiger partial charge on any atom is -0.481 e. The van der Waals surface area contributed by atoms with E-state index in [0.717, 1.165) is 0 Å². The number of hydrogen-bond acceptors (Lipinski definition) is 4. The number of carboxylic acid groups (broad SMARTS) is 2. The van der Waals surface area contributed by atoms with Gasteiger partial charge in [0.15, 0.2) is 0 Å². The van der Waals surface area contributed by atoms with E-state index in [0.29, 0.717) is 15.8 Å². The lowest BCUT2D eigenvalue weighted by Crippen LogP contribution is -2.42. The number of fused-ring (bicyclic) bond motifs is 1. The second-order valence-electron chi connectivity index (χ2n) is 4.58. The zero-order chi connectivity index (χ0) is 16.4. The molecule has 0 aliphatic heterocycles. The van der Waals surface area contributed by atoms with Crippen LogP contribution in [-0.2, 0) is 9.59 Å². The molecule has 116 valence electrons. The number of carbonyl (C=O) groups excluding carboxylic acids is 1. The van der Waals surface area contributed by atoms with Crippen LogP contribution >= 0.6 is 15.9 Å². The maximum absolute atomic E-state index is 12.3. The lowest BCUT2D eigenvalue weighted by Gasteiger charge is -2.12. The van der Waals surface area contributed by atoms with Gasteiger partial charge in [-0.1, -0.05) is 0 Å². The molecule has 2 aromatic rings. The molecular formula is C13H12BrN3O5. The van der Waals surface area contributed by atoms with E-state index in [4.69, 9.17) is 10.2 Å². The van der Waals surface area contributed by atoms with Crippen LogP contribution in [-0.4, -0.2) is 43.5 Å². The largest absolute Gasteiger partial charge is 0.481 e. The van der Waals surface area contributed by atoms with Crippen LogP contribution in [0.5, 0.6) is 0 Å². The third-order valence-electron chi connectivity index (χ3n) is 2.95. The molecule has 0 aliphatic carbocycles. The molecule has 0 spiro atoms. The first-order valence-electron chi connectivity index (χ1n) is 6.19. The van der Waals surface area contributed by atoms with Gasteiger partial charge in [-0.25, -0.2) is 9.78 Å².